The summed E-state index contributed by atoms with van der Waals surface area (Å²) >= 11 is 2.87. The molecule has 0 saturated heterocycles. The van der Waals surface area contributed by atoms with Crippen LogP contribution in [0.15, 0.2) is 28.2 Å². The van der Waals surface area contributed by atoms with Gasteiger partial charge in [-0.15, -0.1) is 11.3 Å². The lowest BCUT2D eigenvalue weighted by molar-refractivity contribution is -0.115. The van der Waals surface area contributed by atoms with E-state index in [2.05, 4.69) is 5.32 Å². The molecule has 9 heteroatoms. The van der Waals surface area contributed by atoms with Crippen molar-refractivity contribution in [2.24, 2.45) is 0 Å². The molecule has 1 atom stereocenters. The van der Waals surface area contributed by atoms with Gasteiger partial charge in [-0.05, 0) is 39.2 Å². The average Bonchev–Trinajstić information content (AvgIpc) is 3.41. The minimum atomic E-state index is -0.457. The van der Waals surface area contributed by atoms with Gasteiger partial charge in [0.1, 0.15) is 16.3 Å². The van der Waals surface area contributed by atoms with Crippen LogP contribution in [0, 0.1) is 13.8 Å². The van der Waals surface area contributed by atoms with Gasteiger partial charge in [-0.25, -0.2) is 4.98 Å². The molecule has 1 saturated carbocycles. The summed E-state index contributed by atoms with van der Waals surface area (Å²) in [5.74, 6) is 1.01. The summed E-state index contributed by atoms with van der Waals surface area (Å²) in [4.78, 5) is 33.3. The van der Waals surface area contributed by atoms with Gasteiger partial charge in [-0.3, -0.25) is 14.2 Å². The first-order chi connectivity index (χ1) is 15.8. The van der Waals surface area contributed by atoms with Crippen LogP contribution < -0.4 is 20.3 Å². The van der Waals surface area contributed by atoms with E-state index >= 15 is 0 Å². The number of nitrogens with zero attached hydrogens (tertiary/aromatic N) is 2. The molecule has 3 aromatic rings. The lowest BCUT2D eigenvalue weighted by Crippen LogP contribution is -2.29. The molecule has 1 unspecified atom stereocenters. The first-order valence-corrected chi connectivity index (χ1v) is 12.7. The predicted molar refractivity (Wildman–Crippen MR) is 134 cm³/mol. The van der Waals surface area contributed by atoms with Crippen LogP contribution in [0.1, 0.15) is 49.1 Å². The van der Waals surface area contributed by atoms with Gasteiger partial charge in [0.05, 0.1) is 24.9 Å². The quantitative estimate of drug-likeness (QED) is 0.358. The van der Waals surface area contributed by atoms with Gasteiger partial charge in [0.2, 0.25) is 5.91 Å². The van der Waals surface area contributed by atoms with Gasteiger partial charge in [0.25, 0.3) is 5.56 Å². The molecule has 1 N–H and O–H groups in total. The normalized spacial score (nSPS) is 15.1. The number of aryl methyl sites for hydroxylation is 2. The number of ether oxygens (including phenoxy) is 2. The van der Waals surface area contributed by atoms with Crippen molar-refractivity contribution in [1.29, 1.82) is 0 Å². The number of hydrogen-bond acceptors (Lipinski definition) is 7. The number of anilines is 1. The Balaban J connectivity index is 1.64. The fraction of sp³-hybridized carbons (Fsp3) is 0.458. The zero-order chi connectivity index (χ0) is 23.7. The van der Waals surface area contributed by atoms with Crippen molar-refractivity contribution in [3.8, 4) is 11.5 Å². The highest BCUT2D eigenvalue weighted by molar-refractivity contribution is 8.00. The number of rotatable bonds is 7. The number of amides is 1. The molecule has 2 heterocycles. The van der Waals surface area contributed by atoms with Gasteiger partial charge >= 0.3 is 0 Å². The topological polar surface area (TPSA) is 82.5 Å². The summed E-state index contributed by atoms with van der Waals surface area (Å²) < 4.78 is 12.4. The van der Waals surface area contributed by atoms with Crippen molar-refractivity contribution < 1.29 is 14.3 Å². The van der Waals surface area contributed by atoms with E-state index in [0.717, 1.165) is 41.0 Å². The highest BCUT2D eigenvalue weighted by Crippen LogP contribution is 2.36. The summed E-state index contributed by atoms with van der Waals surface area (Å²) in [7, 11) is 3.13. The number of benzene rings is 1. The number of carbonyl (C=O) groups is 1. The van der Waals surface area contributed by atoms with Crippen molar-refractivity contribution in [3.63, 3.8) is 0 Å². The number of methoxy groups -OCH3 is 2. The van der Waals surface area contributed by atoms with Gasteiger partial charge in [-0.1, -0.05) is 24.6 Å². The van der Waals surface area contributed by atoms with Crippen LogP contribution in [0.3, 0.4) is 0 Å². The van der Waals surface area contributed by atoms with E-state index < -0.39 is 5.25 Å². The highest BCUT2D eigenvalue weighted by Gasteiger charge is 2.27. The molecule has 7 nitrogen and oxygen atoms in total. The summed E-state index contributed by atoms with van der Waals surface area (Å²) in [6.07, 6.45) is 4.14. The van der Waals surface area contributed by atoms with Gasteiger partial charge < -0.3 is 14.8 Å². The van der Waals surface area contributed by atoms with E-state index in [1.807, 2.05) is 25.3 Å². The minimum Gasteiger partial charge on any atom is -0.497 e. The molecule has 176 valence electrons. The van der Waals surface area contributed by atoms with Crippen molar-refractivity contribution in [2.75, 3.05) is 19.5 Å². The van der Waals surface area contributed by atoms with Crippen LogP contribution in [0.4, 0.5) is 5.69 Å². The maximum atomic E-state index is 13.5. The van der Waals surface area contributed by atoms with Crippen molar-refractivity contribution in [1.82, 2.24) is 9.55 Å². The summed E-state index contributed by atoms with van der Waals surface area (Å²) in [5, 5.41) is 3.81. The van der Waals surface area contributed by atoms with E-state index in [0.29, 0.717) is 27.7 Å². The molecular formula is C24H29N3O4S2. The van der Waals surface area contributed by atoms with Gasteiger partial charge in [0, 0.05) is 34.8 Å². The van der Waals surface area contributed by atoms with E-state index in [9.17, 15) is 9.59 Å². The summed E-state index contributed by atoms with van der Waals surface area (Å²) in [5.41, 5.74) is 1.61. The van der Waals surface area contributed by atoms with Crippen molar-refractivity contribution in [2.45, 2.75) is 62.9 Å². The van der Waals surface area contributed by atoms with E-state index in [1.54, 1.807) is 32.4 Å². The van der Waals surface area contributed by atoms with Gasteiger partial charge in [0.15, 0.2) is 5.16 Å². The lowest BCUT2D eigenvalue weighted by Gasteiger charge is -2.20. The number of nitrogens with one attached hydrogen (secondary N) is 1. The largest absolute Gasteiger partial charge is 0.497 e. The Morgan fingerprint density at radius 2 is 1.82 bits per heavy atom. The zero-order valence-electron chi connectivity index (χ0n) is 19.6. The minimum absolute atomic E-state index is 0.0152. The molecule has 1 aliphatic rings. The number of hydrogen-bond donors (Lipinski definition) is 1. The second-order valence-corrected chi connectivity index (χ2v) is 10.8. The van der Waals surface area contributed by atoms with E-state index in [-0.39, 0.29) is 17.5 Å². The summed E-state index contributed by atoms with van der Waals surface area (Å²) in [6.45, 7) is 5.84. The molecule has 0 radical (unpaired) electrons. The molecule has 1 aromatic carbocycles. The van der Waals surface area contributed by atoms with Crippen molar-refractivity contribution in [3.05, 3.63) is 39.0 Å². The van der Waals surface area contributed by atoms with Crippen LogP contribution in [0.5, 0.6) is 11.5 Å². The third-order valence-corrected chi connectivity index (χ3v) is 8.33. The van der Waals surface area contributed by atoms with Gasteiger partial charge in [-0.2, -0.15) is 0 Å². The second kappa shape index (κ2) is 9.77. The molecule has 4 rings (SSSR count). The van der Waals surface area contributed by atoms with Crippen LogP contribution in [-0.2, 0) is 4.79 Å². The lowest BCUT2D eigenvalue weighted by atomic mass is 10.2. The number of fused-ring (bicyclic) bond motifs is 1. The summed E-state index contributed by atoms with van der Waals surface area (Å²) in [6, 6.07) is 5.37. The van der Waals surface area contributed by atoms with E-state index in [1.165, 1.54) is 23.1 Å². The SMILES string of the molecule is COc1cc(NC(=O)C(C)Sc2nc3sc(C)c(C)c3c(=O)n2C2CCCC2)cc(OC)c1. The Morgan fingerprint density at radius 1 is 1.18 bits per heavy atom. The van der Waals surface area contributed by atoms with Crippen LogP contribution in [0.2, 0.25) is 0 Å². The molecule has 1 aliphatic carbocycles. The first kappa shape index (κ1) is 23.6. The predicted octanol–water partition coefficient (Wildman–Crippen LogP) is 5.33. The monoisotopic (exact) mass is 487 g/mol. The number of carbonyl (C=O) groups excluding carboxylic acids is 1. The molecule has 2 aromatic heterocycles. The van der Waals surface area contributed by atoms with Crippen LogP contribution in [0.25, 0.3) is 10.2 Å². The smallest absolute Gasteiger partial charge is 0.263 e. The third kappa shape index (κ3) is 4.75. The Hall–Kier alpha value is -2.52. The fourth-order valence-corrected chi connectivity index (χ4v) is 6.24. The number of thiophene rings is 1. The Bertz CT molecular complexity index is 1220. The maximum Gasteiger partial charge on any atom is 0.263 e. The standard InChI is InChI=1S/C24H29N3O4S2/c1-13-14(2)32-22-20(13)23(29)27(17-8-6-7-9-17)24(26-22)33-15(3)21(28)25-16-10-18(30-4)12-19(11-16)31-5/h10-12,15,17H,6-9H2,1-5H3,(H,25,28). The molecular weight excluding hydrogens is 458 g/mol. The second-order valence-electron chi connectivity index (χ2n) is 8.32. The molecule has 0 aliphatic heterocycles. The molecule has 0 bridgehead atoms. The van der Waals surface area contributed by atoms with Crippen LogP contribution >= 0.6 is 23.1 Å². The Kier molecular flexibility index (Phi) is 6.99. The van der Waals surface area contributed by atoms with E-state index in [4.69, 9.17) is 14.5 Å². The highest BCUT2D eigenvalue weighted by atomic mass is 32.2. The van der Waals surface area contributed by atoms with Crippen LogP contribution in [-0.4, -0.2) is 34.9 Å². The number of aromatic nitrogens is 2. The third-order valence-electron chi connectivity index (χ3n) is 6.16. The molecule has 1 fully saturated rings. The first-order valence-electron chi connectivity index (χ1n) is 11.0. The molecule has 33 heavy (non-hydrogen) atoms. The maximum absolute atomic E-state index is 13.5. The molecule has 1 amide bonds. The zero-order valence-corrected chi connectivity index (χ0v) is 21.2. The Labute approximate surface area is 201 Å². The fourth-order valence-electron chi connectivity index (χ4n) is 4.19. The van der Waals surface area contributed by atoms with Crippen molar-refractivity contribution >= 4 is 44.9 Å². The molecule has 0 spiro atoms. The average molecular weight is 488 g/mol. The number of thioether (sulfide) groups is 1. The Morgan fingerprint density at radius 3 is 2.42 bits per heavy atom.